The molecule has 0 radical (unpaired) electrons. The Balaban J connectivity index is 1.09. The Morgan fingerprint density at radius 1 is 0.377 bits per heavy atom. The Hall–Kier alpha value is -7.36. The number of furan rings is 2. The van der Waals surface area contributed by atoms with Gasteiger partial charge in [-0.2, -0.15) is 0 Å². The van der Waals surface area contributed by atoms with Crippen molar-refractivity contribution in [3.05, 3.63) is 200 Å². The lowest BCUT2D eigenvalue weighted by Gasteiger charge is -2.31. The average Bonchev–Trinajstić information content (AvgIpc) is 3.91. The van der Waals surface area contributed by atoms with Crippen molar-refractivity contribution in [3.63, 3.8) is 0 Å². The van der Waals surface area contributed by atoms with Crippen LogP contribution in [0.15, 0.2) is 203 Å². The van der Waals surface area contributed by atoms with Crippen molar-refractivity contribution in [2.45, 2.75) is 38.0 Å². The maximum absolute atomic E-state index is 6.51. The zero-order chi connectivity index (χ0) is 40.3. The van der Waals surface area contributed by atoms with Crippen LogP contribution in [-0.4, -0.2) is 0 Å². The number of anilines is 3. The predicted molar refractivity (Wildman–Crippen MR) is 255 cm³/mol. The van der Waals surface area contributed by atoms with Crippen molar-refractivity contribution in [1.29, 1.82) is 0 Å². The van der Waals surface area contributed by atoms with Crippen LogP contribution < -0.4 is 4.90 Å². The fourth-order valence-electron chi connectivity index (χ4n) is 10.3. The number of nitrogens with zero attached hydrogens (tertiary/aromatic N) is 1. The second kappa shape index (κ2) is 14.7. The van der Waals surface area contributed by atoms with Gasteiger partial charge in [-0.15, -0.1) is 0 Å². The third kappa shape index (κ3) is 5.95. The first-order chi connectivity index (χ1) is 30.3. The summed E-state index contributed by atoms with van der Waals surface area (Å²) in [5.41, 5.74) is 15.3. The van der Waals surface area contributed by atoms with E-state index in [1.165, 1.54) is 59.6 Å². The predicted octanol–water partition coefficient (Wildman–Crippen LogP) is 17.2. The highest BCUT2D eigenvalue weighted by atomic mass is 16.3. The molecule has 61 heavy (non-hydrogen) atoms. The van der Waals surface area contributed by atoms with Gasteiger partial charge in [0, 0.05) is 43.9 Å². The lowest BCUT2D eigenvalue weighted by molar-refractivity contribution is 0.445. The largest absolute Gasteiger partial charge is 0.456 e. The van der Waals surface area contributed by atoms with E-state index in [1.807, 2.05) is 12.1 Å². The van der Waals surface area contributed by atoms with E-state index in [0.29, 0.717) is 5.92 Å². The first kappa shape index (κ1) is 35.6. The molecule has 9 aromatic carbocycles. The zero-order valence-electron chi connectivity index (χ0n) is 33.9. The van der Waals surface area contributed by atoms with E-state index in [1.54, 1.807) is 0 Å². The van der Waals surface area contributed by atoms with Gasteiger partial charge < -0.3 is 13.7 Å². The van der Waals surface area contributed by atoms with Crippen LogP contribution in [0.1, 0.15) is 43.6 Å². The van der Waals surface area contributed by atoms with Gasteiger partial charge >= 0.3 is 0 Å². The van der Waals surface area contributed by atoms with Gasteiger partial charge in [-0.25, -0.2) is 0 Å². The quantitative estimate of drug-likeness (QED) is 0.161. The summed E-state index contributed by atoms with van der Waals surface area (Å²) in [6.07, 6.45) is 6.42. The first-order valence-corrected chi connectivity index (χ1v) is 21.7. The summed E-state index contributed by atoms with van der Waals surface area (Å²) in [6, 6.07) is 70.3. The van der Waals surface area contributed by atoms with E-state index >= 15 is 0 Å². The molecule has 0 amide bonds. The average molecular weight is 786 g/mol. The molecule has 0 N–H and O–H groups in total. The van der Waals surface area contributed by atoms with Crippen LogP contribution >= 0.6 is 0 Å². The van der Waals surface area contributed by atoms with Crippen molar-refractivity contribution >= 4 is 71.7 Å². The molecule has 0 unspecified atom stereocenters. The van der Waals surface area contributed by atoms with Crippen LogP contribution in [0.3, 0.4) is 0 Å². The molecule has 0 saturated heterocycles. The standard InChI is InChI=1S/C58H43NO2/c1-2-16-38(17-3-1)42-24-12-18-40-19-13-26-47(56(40)42)44-20-4-8-29-51(44)59(41-36-34-39(35-37-41)43-25-14-28-49-46-22-6-10-31-53(46)61-58(43)49)52-30-9-5-21-45(52)48-27-15-33-55-57(48)50-23-7-11-32-54(50)60-55/h4-15,18-38H,1-3,16-17H2. The van der Waals surface area contributed by atoms with Crippen LogP contribution in [0.4, 0.5) is 17.1 Å². The molecule has 2 aromatic heterocycles. The molecular weight excluding hydrogens is 743 g/mol. The van der Waals surface area contributed by atoms with Crippen molar-refractivity contribution in [2.24, 2.45) is 0 Å². The van der Waals surface area contributed by atoms with Gasteiger partial charge in [-0.1, -0.05) is 171 Å². The number of hydrogen-bond acceptors (Lipinski definition) is 3. The molecule has 1 aliphatic carbocycles. The molecule has 0 atom stereocenters. The van der Waals surface area contributed by atoms with Gasteiger partial charge in [-0.3, -0.25) is 0 Å². The number of rotatable bonds is 7. The highest BCUT2D eigenvalue weighted by Crippen LogP contribution is 2.49. The summed E-state index contributed by atoms with van der Waals surface area (Å²) < 4.78 is 13.0. The second-order valence-corrected chi connectivity index (χ2v) is 16.6. The van der Waals surface area contributed by atoms with E-state index in [9.17, 15) is 0 Å². The molecule has 292 valence electrons. The number of fused-ring (bicyclic) bond motifs is 7. The minimum absolute atomic E-state index is 0.566. The summed E-state index contributed by atoms with van der Waals surface area (Å²) in [5.74, 6) is 0.566. The Morgan fingerprint density at radius 3 is 1.67 bits per heavy atom. The Bertz CT molecular complexity index is 3410. The lowest BCUT2D eigenvalue weighted by Crippen LogP contribution is -2.12. The monoisotopic (exact) mass is 785 g/mol. The molecule has 1 aliphatic rings. The minimum Gasteiger partial charge on any atom is -0.456 e. The molecule has 2 heterocycles. The maximum Gasteiger partial charge on any atom is 0.143 e. The lowest BCUT2D eigenvalue weighted by atomic mass is 9.80. The number of para-hydroxylation sites is 5. The van der Waals surface area contributed by atoms with Gasteiger partial charge in [-0.05, 0) is 94.3 Å². The van der Waals surface area contributed by atoms with Crippen molar-refractivity contribution in [3.8, 4) is 33.4 Å². The molecule has 12 rings (SSSR count). The maximum atomic E-state index is 6.51. The highest BCUT2D eigenvalue weighted by molar-refractivity contribution is 6.14. The van der Waals surface area contributed by atoms with Gasteiger partial charge in [0.1, 0.15) is 22.3 Å². The molecular formula is C58H43NO2. The van der Waals surface area contributed by atoms with Crippen molar-refractivity contribution in [1.82, 2.24) is 0 Å². The van der Waals surface area contributed by atoms with E-state index in [-0.39, 0.29) is 0 Å². The minimum atomic E-state index is 0.566. The normalized spacial score (nSPS) is 13.5. The van der Waals surface area contributed by atoms with Crippen LogP contribution in [0.2, 0.25) is 0 Å². The summed E-state index contributed by atoms with van der Waals surface area (Å²) in [5, 5.41) is 7.18. The highest BCUT2D eigenvalue weighted by Gasteiger charge is 2.25. The smallest absolute Gasteiger partial charge is 0.143 e. The van der Waals surface area contributed by atoms with Gasteiger partial charge in [0.15, 0.2) is 0 Å². The van der Waals surface area contributed by atoms with Crippen LogP contribution in [-0.2, 0) is 0 Å². The second-order valence-electron chi connectivity index (χ2n) is 16.6. The van der Waals surface area contributed by atoms with Gasteiger partial charge in [0.2, 0.25) is 0 Å². The van der Waals surface area contributed by atoms with Crippen molar-refractivity contribution < 1.29 is 8.83 Å². The zero-order valence-corrected chi connectivity index (χ0v) is 33.9. The summed E-state index contributed by atoms with van der Waals surface area (Å²) in [6.45, 7) is 0. The Kier molecular flexibility index (Phi) is 8.59. The van der Waals surface area contributed by atoms with E-state index in [4.69, 9.17) is 8.83 Å². The molecule has 1 fully saturated rings. The Morgan fingerprint density at radius 2 is 0.918 bits per heavy atom. The topological polar surface area (TPSA) is 29.5 Å². The number of hydrogen-bond donors (Lipinski definition) is 0. The molecule has 0 aliphatic heterocycles. The third-order valence-electron chi connectivity index (χ3n) is 13.1. The molecule has 0 bridgehead atoms. The fraction of sp³-hybridized carbons (Fsp3) is 0.103. The molecule has 3 heteroatoms. The molecule has 3 nitrogen and oxygen atoms in total. The molecule has 11 aromatic rings. The molecule has 1 saturated carbocycles. The van der Waals surface area contributed by atoms with Gasteiger partial charge in [0.05, 0.1) is 11.4 Å². The van der Waals surface area contributed by atoms with E-state index in [2.05, 4.69) is 187 Å². The Labute approximate surface area is 355 Å². The summed E-state index contributed by atoms with van der Waals surface area (Å²) in [7, 11) is 0. The van der Waals surface area contributed by atoms with Gasteiger partial charge in [0.25, 0.3) is 0 Å². The van der Waals surface area contributed by atoms with Crippen LogP contribution in [0.25, 0.3) is 88.0 Å². The summed E-state index contributed by atoms with van der Waals surface area (Å²) >= 11 is 0. The number of benzene rings is 9. The van der Waals surface area contributed by atoms with Crippen LogP contribution in [0, 0.1) is 0 Å². The third-order valence-corrected chi connectivity index (χ3v) is 13.1. The summed E-state index contributed by atoms with van der Waals surface area (Å²) in [4.78, 5) is 2.47. The SMILES string of the molecule is c1ccc(N(c2ccc(-c3cccc4c3oc3ccccc34)cc2)c2ccccc2-c2cccc3oc4ccccc4c23)c(-c2cccc3cccc(C4CCCCC4)c23)c1. The van der Waals surface area contributed by atoms with Crippen LogP contribution in [0.5, 0.6) is 0 Å². The molecule has 0 spiro atoms. The van der Waals surface area contributed by atoms with E-state index < -0.39 is 0 Å². The van der Waals surface area contributed by atoms with E-state index in [0.717, 1.165) is 83.2 Å². The first-order valence-electron chi connectivity index (χ1n) is 21.7. The van der Waals surface area contributed by atoms with Crippen molar-refractivity contribution in [2.75, 3.05) is 4.90 Å². The fourth-order valence-corrected chi connectivity index (χ4v) is 10.3.